The summed E-state index contributed by atoms with van der Waals surface area (Å²) in [5.74, 6) is 3.71. The van der Waals surface area contributed by atoms with Gasteiger partial charge in [-0.2, -0.15) is 0 Å². The molecule has 1 saturated carbocycles. The van der Waals surface area contributed by atoms with Gasteiger partial charge in [0.15, 0.2) is 11.8 Å². The lowest BCUT2D eigenvalue weighted by atomic mass is 9.68. The molecule has 1 aromatic carbocycles. The van der Waals surface area contributed by atoms with Gasteiger partial charge >= 0.3 is 0 Å². The molecule has 1 spiro atoms. The van der Waals surface area contributed by atoms with Crippen LogP contribution in [0, 0.1) is 12.3 Å². The van der Waals surface area contributed by atoms with Crippen LogP contribution < -0.4 is 10.1 Å². The van der Waals surface area contributed by atoms with E-state index in [4.69, 9.17) is 9.73 Å². The van der Waals surface area contributed by atoms with Crippen molar-refractivity contribution in [3.05, 3.63) is 41.5 Å². The molecule has 2 fully saturated rings. The van der Waals surface area contributed by atoms with Crippen molar-refractivity contribution in [2.45, 2.75) is 45.6 Å². The van der Waals surface area contributed by atoms with E-state index in [0.29, 0.717) is 12.0 Å². The minimum atomic E-state index is 0. The Morgan fingerprint density at radius 1 is 1.20 bits per heavy atom. The molecule has 0 amide bonds. The molecule has 164 valence electrons. The van der Waals surface area contributed by atoms with E-state index >= 15 is 0 Å². The fourth-order valence-electron chi connectivity index (χ4n) is 4.31. The van der Waals surface area contributed by atoms with Gasteiger partial charge in [-0.05, 0) is 55.7 Å². The van der Waals surface area contributed by atoms with Crippen molar-refractivity contribution >= 4 is 29.9 Å². The Morgan fingerprint density at radius 2 is 1.97 bits per heavy atom. The molecular weight excluding hydrogens is 491 g/mol. The largest absolute Gasteiger partial charge is 0.497 e. The Kier molecular flexibility index (Phi) is 7.60. The summed E-state index contributed by atoms with van der Waals surface area (Å²) in [5, 5.41) is 12.0. The lowest BCUT2D eigenvalue weighted by molar-refractivity contribution is 0.151. The Bertz CT molecular complexity index is 859. The maximum Gasteiger partial charge on any atom is 0.194 e. The second kappa shape index (κ2) is 9.98. The fraction of sp³-hybridized carbons (Fsp3) is 0.591. The van der Waals surface area contributed by atoms with E-state index in [-0.39, 0.29) is 24.0 Å². The van der Waals surface area contributed by atoms with Gasteiger partial charge in [0, 0.05) is 26.7 Å². The molecule has 2 aromatic rings. The number of nitrogens with one attached hydrogen (secondary N) is 1. The molecule has 1 aliphatic heterocycles. The number of rotatable bonds is 6. The normalized spacial score (nSPS) is 17.6. The molecule has 2 aliphatic rings. The number of aryl methyl sites for hydroxylation is 1. The Balaban J connectivity index is 0.00000256. The molecule has 2 heterocycles. The molecule has 4 rings (SSSR count). The Labute approximate surface area is 196 Å². The molecule has 0 atom stereocenters. The summed E-state index contributed by atoms with van der Waals surface area (Å²) in [6.07, 6.45) is 6.35. The Morgan fingerprint density at radius 3 is 2.53 bits per heavy atom. The standard InChI is InChI=1S/C22H32N6O.HI/c1-17-25-26-20(27(17)2)15-24-21(28-14-12-22(16-28)10-4-11-22)23-13-9-18-5-7-19(29-3)8-6-18;/h5-8H,4,9-16H2,1-3H3,(H,23,24);1H. The van der Waals surface area contributed by atoms with Gasteiger partial charge in [0.25, 0.3) is 0 Å². The van der Waals surface area contributed by atoms with Crippen molar-refractivity contribution in [2.75, 3.05) is 26.7 Å². The van der Waals surface area contributed by atoms with Crippen LogP contribution in [0.4, 0.5) is 0 Å². The van der Waals surface area contributed by atoms with Gasteiger partial charge in [0.1, 0.15) is 18.1 Å². The topological polar surface area (TPSA) is 67.6 Å². The highest BCUT2D eigenvalue weighted by Gasteiger charge is 2.43. The third-order valence-electron chi connectivity index (χ3n) is 6.56. The van der Waals surface area contributed by atoms with Crippen LogP contribution in [0.1, 0.15) is 42.9 Å². The second-order valence-electron chi connectivity index (χ2n) is 8.41. The number of ether oxygens (including phenoxy) is 1. The van der Waals surface area contributed by atoms with Gasteiger partial charge in [-0.25, -0.2) is 4.99 Å². The number of aromatic nitrogens is 3. The van der Waals surface area contributed by atoms with Crippen LogP contribution in [0.15, 0.2) is 29.3 Å². The molecular formula is C22H33IN6O. The monoisotopic (exact) mass is 524 g/mol. The summed E-state index contributed by atoms with van der Waals surface area (Å²) in [5.41, 5.74) is 1.83. The average Bonchev–Trinajstić information content (AvgIpc) is 3.30. The molecule has 1 saturated heterocycles. The van der Waals surface area contributed by atoms with Gasteiger partial charge < -0.3 is 19.5 Å². The van der Waals surface area contributed by atoms with Crippen LogP contribution in [0.25, 0.3) is 0 Å². The number of methoxy groups -OCH3 is 1. The minimum absolute atomic E-state index is 0. The first-order valence-electron chi connectivity index (χ1n) is 10.6. The van der Waals surface area contributed by atoms with Crippen LogP contribution in [0.3, 0.4) is 0 Å². The highest BCUT2D eigenvalue weighted by Crippen LogP contribution is 2.47. The molecule has 1 aliphatic carbocycles. The van der Waals surface area contributed by atoms with E-state index in [2.05, 4.69) is 32.5 Å². The summed E-state index contributed by atoms with van der Waals surface area (Å²) in [6.45, 7) is 5.58. The number of likely N-dealkylation sites (tertiary alicyclic amines) is 1. The third-order valence-corrected chi connectivity index (χ3v) is 6.56. The van der Waals surface area contributed by atoms with E-state index in [1.165, 1.54) is 31.2 Å². The SMILES string of the molecule is COc1ccc(CCNC(=NCc2nnc(C)n2C)N2CCC3(CCC3)C2)cc1.I. The highest BCUT2D eigenvalue weighted by atomic mass is 127. The number of nitrogens with zero attached hydrogens (tertiary/aromatic N) is 5. The van der Waals surface area contributed by atoms with Crippen LogP contribution in [-0.4, -0.2) is 52.4 Å². The number of hydrogen-bond donors (Lipinski definition) is 1. The van der Waals surface area contributed by atoms with E-state index in [9.17, 15) is 0 Å². The zero-order valence-corrected chi connectivity index (χ0v) is 20.6. The maximum atomic E-state index is 5.25. The van der Waals surface area contributed by atoms with Crippen LogP contribution in [-0.2, 0) is 20.0 Å². The van der Waals surface area contributed by atoms with Gasteiger partial charge in [-0.1, -0.05) is 18.6 Å². The number of halogens is 1. The van der Waals surface area contributed by atoms with Crippen molar-refractivity contribution < 1.29 is 4.74 Å². The van der Waals surface area contributed by atoms with Gasteiger partial charge in [0.05, 0.1) is 7.11 Å². The van der Waals surface area contributed by atoms with Gasteiger partial charge in [0.2, 0.25) is 0 Å². The third kappa shape index (κ3) is 5.07. The predicted molar refractivity (Wildman–Crippen MR) is 129 cm³/mol. The summed E-state index contributed by atoms with van der Waals surface area (Å²) < 4.78 is 7.26. The number of hydrogen-bond acceptors (Lipinski definition) is 4. The predicted octanol–water partition coefficient (Wildman–Crippen LogP) is 3.31. The maximum absolute atomic E-state index is 5.25. The molecule has 0 bridgehead atoms. The first kappa shape index (κ1) is 22.8. The molecule has 30 heavy (non-hydrogen) atoms. The van der Waals surface area contributed by atoms with E-state index < -0.39 is 0 Å². The molecule has 0 radical (unpaired) electrons. The minimum Gasteiger partial charge on any atom is -0.497 e. The molecule has 1 aromatic heterocycles. The summed E-state index contributed by atoms with van der Waals surface area (Å²) in [4.78, 5) is 7.36. The smallest absolute Gasteiger partial charge is 0.194 e. The molecule has 7 nitrogen and oxygen atoms in total. The Hall–Kier alpha value is -1.84. The summed E-state index contributed by atoms with van der Waals surface area (Å²) in [7, 11) is 3.69. The summed E-state index contributed by atoms with van der Waals surface area (Å²) in [6, 6.07) is 8.28. The summed E-state index contributed by atoms with van der Waals surface area (Å²) >= 11 is 0. The van der Waals surface area contributed by atoms with Crippen LogP contribution in [0.5, 0.6) is 5.75 Å². The first-order valence-corrected chi connectivity index (χ1v) is 10.6. The number of benzene rings is 1. The van der Waals surface area contributed by atoms with Crippen molar-refractivity contribution in [3.8, 4) is 5.75 Å². The van der Waals surface area contributed by atoms with Crippen LogP contribution in [0.2, 0.25) is 0 Å². The van der Waals surface area contributed by atoms with Crippen molar-refractivity contribution in [1.82, 2.24) is 25.0 Å². The van der Waals surface area contributed by atoms with Gasteiger partial charge in [-0.3, -0.25) is 0 Å². The highest BCUT2D eigenvalue weighted by molar-refractivity contribution is 14.0. The van der Waals surface area contributed by atoms with E-state index in [1.807, 2.05) is 30.7 Å². The molecule has 8 heteroatoms. The fourth-order valence-corrected chi connectivity index (χ4v) is 4.31. The molecule has 0 unspecified atom stereocenters. The van der Waals surface area contributed by atoms with E-state index in [1.54, 1.807) is 7.11 Å². The lowest BCUT2D eigenvalue weighted by Gasteiger charge is -2.38. The zero-order chi connectivity index (χ0) is 20.3. The van der Waals surface area contributed by atoms with Crippen LogP contribution >= 0.6 is 24.0 Å². The van der Waals surface area contributed by atoms with E-state index in [0.717, 1.165) is 49.4 Å². The number of guanidine groups is 1. The van der Waals surface area contributed by atoms with Crippen molar-refractivity contribution in [3.63, 3.8) is 0 Å². The lowest BCUT2D eigenvalue weighted by Crippen LogP contribution is -2.43. The van der Waals surface area contributed by atoms with Gasteiger partial charge in [-0.15, -0.1) is 34.2 Å². The second-order valence-corrected chi connectivity index (χ2v) is 8.41. The first-order chi connectivity index (χ1) is 14.1. The quantitative estimate of drug-likeness (QED) is 0.357. The van der Waals surface area contributed by atoms with Crippen molar-refractivity contribution in [2.24, 2.45) is 17.5 Å². The zero-order valence-electron chi connectivity index (χ0n) is 18.2. The average molecular weight is 524 g/mol. The van der Waals surface area contributed by atoms with Crippen molar-refractivity contribution in [1.29, 1.82) is 0 Å². The number of aliphatic imine (C=N–C) groups is 1. The molecule has 1 N–H and O–H groups in total.